The molecule has 0 aliphatic carbocycles. The minimum absolute atomic E-state index is 0.151. The first kappa shape index (κ1) is 45.1. The Hall–Kier alpha value is -1.06. The van der Waals surface area contributed by atoms with Gasteiger partial charge in [-0.15, -0.1) is 0 Å². The van der Waals surface area contributed by atoms with E-state index in [-0.39, 0.29) is 5.91 Å². The highest BCUT2D eigenvalue weighted by atomic mass is 16.4. The Morgan fingerprint density at radius 3 is 0.705 bits per heavy atom. The molecule has 0 rings (SSSR count). The number of amides is 1. The average molecular weight is 624 g/mol. The number of rotatable bonds is 36. The first-order valence-corrected chi connectivity index (χ1v) is 20.0. The van der Waals surface area contributed by atoms with E-state index in [0.717, 1.165) is 19.3 Å². The molecule has 0 saturated carbocycles. The standard InChI is InChI=1S/C22H45NO.C18H36O2/c1-2-3-4-5-6-7-8-9-10-11-12-13-14-15-16-17-18-19-20-21-22(23)24;1-2-3-4-5-6-7-8-9-10-11-12-13-14-15-16-17-18(19)20/h2-21H2,1H3,(H2,23,24);2-17H2,1H3,(H,19,20). The van der Waals surface area contributed by atoms with Gasteiger partial charge >= 0.3 is 5.97 Å². The second kappa shape index (κ2) is 41.9. The van der Waals surface area contributed by atoms with E-state index < -0.39 is 5.97 Å². The molecule has 0 aromatic carbocycles. The second-order valence-electron chi connectivity index (χ2n) is 13.7. The second-order valence-corrected chi connectivity index (χ2v) is 13.7. The number of unbranched alkanes of at least 4 members (excludes halogenated alkanes) is 32. The highest BCUT2D eigenvalue weighted by Crippen LogP contribution is 2.16. The summed E-state index contributed by atoms with van der Waals surface area (Å²) < 4.78 is 0. The van der Waals surface area contributed by atoms with Gasteiger partial charge in [-0.1, -0.05) is 219 Å². The fourth-order valence-electron chi connectivity index (χ4n) is 6.03. The normalized spacial score (nSPS) is 11.0. The van der Waals surface area contributed by atoms with Crippen LogP contribution in [0.1, 0.15) is 245 Å². The number of carboxylic acids is 1. The Balaban J connectivity index is 0. The number of carbonyl (C=O) groups excluding carboxylic acids is 1. The van der Waals surface area contributed by atoms with E-state index >= 15 is 0 Å². The lowest BCUT2D eigenvalue weighted by Crippen LogP contribution is -2.09. The van der Waals surface area contributed by atoms with Gasteiger partial charge in [-0.05, 0) is 12.8 Å². The molecule has 0 bridgehead atoms. The van der Waals surface area contributed by atoms with Gasteiger partial charge in [0.2, 0.25) is 5.91 Å². The number of hydrogen-bond acceptors (Lipinski definition) is 2. The maximum Gasteiger partial charge on any atom is 0.303 e. The summed E-state index contributed by atoms with van der Waals surface area (Å²) in [5, 5.41) is 8.52. The molecule has 4 nitrogen and oxygen atoms in total. The van der Waals surface area contributed by atoms with Crippen LogP contribution in [0.15, 0.2) is 0 Å². The van der Waals surface area contributed by atoms with E-state index in [2.05, 4.69) is 13.8 Å². The lowest BCUT2D eigenvalue weighted by atomic mass is 10.0. The van der Waals surface area contributed by atoms with Gasteiger partial charge in [-0.2, -0.15) is 0 Å². The third kappa shape index (κ3) is 47.9. The Kier molecular flexibility index (Phi) is 43.0. The van der Waals surface area contributed by atoms with E-state index in [4.69, 9.17) is 10.8 Å². The highest BCUT2D eigenvalue weighted by Gasteiger charge is 1.98. The minimum atomic E-state index is -0.653. The van der Waals surface area contributed by atoms with Gasteiger partial charge in [0.15, 0.2) is 0 Å². The molecule has 264 valence electrons. The molecule has 0 heterocycles. The van der Waals surface area contributed by atoms with E-state index in [0.29, 0.717) is 12.8 Å². The number of carbonyl (C=O) groups is 2. The van der Waals surface area contributed by atoms with Crippen molar-refractivity contribution in [3.63, 3.8) is 0 Å². The van der Waals surface area contributed by atoms with Crippen LogP contribution < -0.4 is 5.73 Å². The van der Waals surface area contributed by atoms with E-state index in [1.54, 1.807) is 0 Å². The molecule has 0 atom stereocenters. The molecule has 3 N–H and O–H groups in total. The number of primary amides is 1. The Morgan fingerprint density at radius 2 is 0.523 bits per heavy atom. The molecular formula is C40H81NO3. The lowest BCUT2D eigenvalue weighted by Gasteiger charge is -2.03. The molecule has 0 spiro atoms. The summed E-state index contributed by atoms with van der Waals surface area (Å²) in [6, 6.07) is 0. The molecule has 0 radical (unpaired) electrons. The van der Waals surface area contributed by atoms with Crippen molar-refractivity contribution in [3.05, 3.63) is 0 Å². The number of hydrogen-bond donors (Lipinski definition) is 2. The number of aliphatic carboxylic acids is 1. The summed E-state index contributed by atoms with van der Waals surface area (Å²) in [4.78, 5) is 20.9. The van der Waals surface area contributed by atoms with Crippen molar-refractivity contribution in [1.29, 1.82) is 0 Å². The topological polar surface area (TPSA) is 80.4 Å². The van der Waals surface area contributed by atoms with Crippen LogP contribution in [0, 0.1) is 0 Å². The molecule has 0 aliphatic rings. The first-order chi connectivity index (χ1) is 21.5. The van der Waals surface area contributed by atoms with Crippen molar-refractivity contribution in [3.8, 4) is 0 Å². The number of nitrogens with two attached hydrogens (primary N) is 1. The van der Waals surface area contributed by atoms with Gasteiger partial charge in [-0.25, -0.2) is 0 Å². The summed E-state index contributed by atoms with van der Waals surface area (Å²) in [6.45, 7) is 4.56. The van der Waals surface area contributed by atoms with Gasteiger partial charge in [0, 0.05) is 12.8 Å². The summed E-state index contributed by atoms with van der Waals surface area (Å²) in [7, 11) is 0. The smallest absolute Gasteiger partial charge is 0.303 e. The van der Waals surface area contributed by atoms with Crippen LogP contribution in [0.5, 0.6) is 0 Å². The molecule has 0 unspecified atom stereocenters. The van der Waals surface area contributed by atoms with Crippen molar-refractivity contribution in [2.24, 2.45) is 5.73 Å². The first-order valence-electron chi connectivity index (χ1n) is 20.0. The molecule has 0 aromatic rings. The molecule has 0 saturated heterocycles. The summed E-state index contributed by atoms with van der Waals surface area (Å²) in [5.74, 6) is -0.804. The molecule has 4 heteroatoms. The van der Waals surface area contributed by atoms with Crippen LogP contribution in [0.25, 0.3) is 0 Å². The largest absolute Gasteiger partial charge is 0.481 e. The van der Waals surface area contributed by atoms with Crippen molar-refractivity contribution >= 4 is 11.9 Å². The number of carboxylic acid groups (broad SMARTS) is 1. The Labute approximate surface area is 276 Å². The third-order valence-corrected chi connectivity index (χ3v) is 9.02. The summed E-state index contributed by atoms with van der Waals surface area (Å²) in [5.41, 5.74) is 5.13. The molecule has 1 amide bonds. The predicted octanol–water partition coefficient (Wildman–Crippen LogP) is 13.6. The minimum Gasteiger partial charge on any atom is -0.481 e. The highest BCUT2D eigenvalue weighted by molar-refractivity contribution is 5.73. The van der Waals surface area contributed by atoms with E-state index in [1.807, 2.05) is 0 Å². The molecule has 0 aliphatic heterocycles. The summed E-state index contributed by atoms with van der Waals surface area (Å²) in [6.07, 6.45) is 47.0. The molecule has 0 aromatic heterocycles. The van der Waals surface area contributed by atoms with Crippen LogP contribution in [0.4, 0.5) is 0 Å². The van der Waals surface area contributed by atoms with Gasteiger partial charge in [0.05, 0.1) is 0 Å². The quantitative estimate of drug-likeness (QED) is 0.0681. The van der Waals surface area contributed by atoms with E-state index in [9.17, 15) is 9.59 Å². The monoisotopic (exact) mass is 624 g/mol. The van der Waals surface area contributed by atoms with Crippen molar-refractivity contribution < 1.29 is 14.7 Å². The van der Waals surface area contributed by atoms with Gasteiger partial charge in [0.1, 0.15) is 0 Å². The van der Waals surface area contributed by atoms with Gasteiger partial charge < -0.3 is 10.8 Å². The zero-order valence-electron chi connectivity index (χ0n) is 30.3. The fourth-order valence-corrected chi connectivity index (χ4v) is 6.03. The van der Waals surface area contributed by atoms with Gasteiger partial charge in [0.25, 0.3) is 0 Å². The van der Waals surface area contributed by atoms with Crippen molar-refractivity contribution in [2.45, 2.75) is 245 Å². The molecular weight excluding hydrogens is 542 g/mol. The lowest BCUT2D eigenvalue weighted by molar-refractivity contribution is -0.137. The van der Waals surface area contributed by atoms with Crippen LogP contribution in [0.2, 0.25) is 0 Å². The third-order valence-electron chi connectivity index (χ3n) is 9.02. The van der Waals surface area contributed by atoms with E-state index in [1.165, 1.54) is 199 Å². The van der Waals surface area contributed by atoms with Crippen molar-refractivity contribution in [2.75, 3.05) is 0 Å². The van der Waals surface area contributed by atoms with Crippen LogP contribution in [-0.4, -0.2) is 17.0 Å². The zero-order valence-corrected chi connectivity index (χ0v) is 30.3. The summed E-state index contributed by atoms with van der Waals surface area (Å²) >= 11 is 0. The fraction of sp³-hybridized carbons (Fsp3) is 0.950. The van der Waals surface area contributed by atoms with Crippen LogP contribution in [-0.2, 0) is 9.59 Å². The maximum atomic E-state index is 10.6. The zero-order chi connectivity index (χ0) is 32.6. The van der Waals surface area contributed by atoms with Crippen LogP contribution in [0.3, 0.4) is 0 Å². The van der Waals surface area contributed by atoms with Crippen molar-refractivity contribution in [1.82, 2.24) is 0 Å². The SMILES string of the molecule is CCCCCCCCCCCCCCCCCC(=O)O.CCCCCCCCCCCCCCCCCCCCCC(N)=O. The Morgan fingerprint density at radius 1 is 0.341 bits per heavy atom. The van der Waals surface area contributed by atoms with Gasteiger partial charge in [-0.3, -0.25) is 9.59 Å². The predicted molar refractivity (Wildman–Crippen MR) is 194 cm³/mol. The maximum absolute atomic E-state index is 10.6. The van der Waals surface area contributed by atoms with Crippen LogP contribution >= 0.6 is 0 Å². The molecule has 0 fully saturated rings. The molecule has 44 heavy (non-hydrogen) atoms. The Bertz CT molecular complexity index is 551. The average Bonchev–Trinajstić information content (AvgIpc) is 3.00.